The summed E-state index contributed by atoms with van der Waals surface area (Å²) in [6.45, 7) is 0.800. The predicted octanol–water partition coefficient (Wildman–Crippen LogP) is 4.23. The normalized spacial score (nSPS) is 12.3. The number of likely N-dealkylation sites (N-methyl/N-ethyl adjacent to an activating group) is 1. The van der Waals surface area contributed by atoms with Gasteiger partial charge in [0.05, 0.1) is 9.99 Å². The number of hydrogen-bond acceptors (Lipinski definition) is 6. The van der Waals surface area contributed by atoms with Gasteiger partial charge >= 0.3 is 0 Å². The molecule has 0 aliphatic rings. The van der Waals surface area contributed by atoms with E-state index in [0.29, 0.717) is 18.2 Å². The van der Waals surface area contributed by atoms with E-state index >= 15 is 0 Å². The minimum atomic E-state index is -0.535. The smallest absolute Gasteiger partial charge is 0.229 e. The van der Waals surface area contributed by atoms with Crippen LogP contribution in [0, 0.1) is 0 Å². The Morgan fingerprint density at radius 2 is 1.90 bits per heavy atom. The highest BCUT2D eigenvalue weighted by atomic mass is 79.9. The molecular formula is C23H24BrN5O2. The number of benzene rings is 2. The minimum absolute atomic E-state index is 0.245. The topological polar surface area (TPSA) is 75.4 Å². The van der Waals surface area contributed by atoms with Crippen LogP contribution in [0.25, 0.3) is 16.7 Å². The second kappa shape index (κ2) is 9.47. The molecule has 0 saturated carbocycles. The summed E-state index contributed by atoms with van der Waals surface area (Å²) in [4.78, 5) is 11.0. The Morgan fingerprint density at radius 1 is 1.13 bits per heavy atom. The zero-order chi connectivity index (χ0) is 21.8. The number of halogens is 1. The number of nitrogens with zero attached hydrogens (tertiary/aromatic N) is 4. The number of rotatable bonds is 8. The van der Waals surface area contributed by atoms with Crippen molar-refractivity contribution in [3.8, 4) is 11.6 Å². The van der Waals surface area contributed by atoms with Crippen LogP contribution in [0.1, 0.15) is 0 Å². The van der Waals surface area contributed by atoms with Gasteiger partial charge in [-0.2, -0.15) is 4.98 Å². The maximum atomic E-state index is 9.92. The second-order valence-electron chi connectivity index (χ2n) is 7.49. The Kier molecular flexibility index (Phi) is 6.50. The van der Waals surface area contributed by atoms with Crippen molar-refractivity contribution in [2.24, 2.45) is 0 Å². The zero-order valence-electron chi connectivity index (χ0n) is 17.4. The molecule has 31 heavy (non-hydrogen) atoms. The van der Waals surface area contributed by atoms with Gasteiger partial charge in [-0.1, -0.05) is 18.2 Å². The molecule has 2 aromatic heterocycles. The molecule has 7 nitrogen and oxygen atoms in total. The average Bonchev–Trinajstić information content (AvgIpc) is 3.18. The Morgan fingerprint density at radius 3 is 2.68 bits per heavy atom. The van der Waals surface area contributed by atoms with Crippen molar-refractivity contribution in [1.29, 1.82) is 0 Å². The quantitative estimate of drug-likeness (QED) is 0.392. The minimum Gasteiger partial charge on any atom is -0.491 e. The number of aliphatic hydroxyl groups excluding tert-OH is 1. The van der Waals surface area contributed by atoms with E-state index in [-0.39, 0.29) is 6.61 Å². The molecule has 0 saturated heterocycles. The molecule has 1 unspecified atom stereocenters. The van der Waals surface area contributed by atoms with E-state index in [1.165, 1.54) is 0 Å². The van der Waals surface area contributed by atoms with Crippen LogP contribution in [0.5, 0.6) is 5.75 Å². The third kappa shape index (κ3) is 5.22. The first-order chi connectivity index (χ1) is 15.0. The van der Waals surface area contributed by atoms with Gasteiger partial charge in [0.25, 0.3) is 0 Å². The number of nitrogens with one attached hydrogen (secondary N) is 1. The SMILES string of the molecule is CN(C)CC(O)COc1ccc(Nc2ncc(Br)c(-n3ccc4ccccc43)n2)cc1. The number of ether oxygens (including phenoxy) is 1. The third-order valence-electron chi connectivity index (χ3n) is 4.68. The van der Waals surface area contributed by atoms with Crippen LogP contribution < -0.4 is 10.1 Å². The fourth-order valence-corrected chi connectivity index (χ4v) is 3.67. The van der Waals surface area contributed by atoms with E-state index in [1.807, 2.05) is 66.2 Å². The molecule has 2 N–H and O–H groups in total. The Balaban J connectivity index is 1.47. The van der Waals surface area contributed by atoms with E-state index in [1.54, 1.807) is 6.20 Å². The summed E-state index contributed by atoms with van der Waals surface area (Å²) < 4.78 is 8.49. The van der Waals surface area contributed by atoms with Gasteiger partial charge in [0, 0.05) is 24.6 Å². The van der Waals surface area contributed by atoms with Crippen LogP contribution in [0.15, 0.2) is 71.5 Å². The lowest BCUT2D eigenvalue weighted by Gasteiger charge is -2.16. The second-order valence-corrected chi connectivity index (χ2v) is 8.34. The van der Waals surface area contributed by atoms with Crippen molar-refractivity contribution in [3.63, 3.8) is 0 Å². The number of para-hydroxylation sites is 1. The molecule has 2 aromatic carbocycles. The van der Waals surface area contributed by atoms with Gasteiger partial charge in [-0.25, -0.2) is 4.98 Å². The highest BCUT2D eigenvalue weighted by molar-refractivity contribution is 9.10. The molecule has 0 spiro atoms. The lowest BCUT2D eigenvalue weighted by Crippen LogP contribution is -2.30. The molecule has 2 heterocycles. The predicted molar refractivity (Wildman–Crippen MR) is 126 cm³/mol. The first kappa shape index (κ1) is 21.3. The highest BCUT2D eigenvalue weighted by Gasteiger charge is 2.11. The van der Waals surface area contributed by atoms with Gasteiger partial charge in [0.2, 0.25) is 5.95 Å². The summed E-state index contributed by atoms with van der Waals surface area (Å²) in [5.41, 5.74) is 1.91. The fourth-order valence-electron chi connectivity index (χ4n) is 3.29. The van der Waals surface area contributed by atoms with Crippen LogP contribution >= 0.6 is 15.9 Å². The van der Waals surface area contributed by atoms with E-state index in [2.05, 4.69) is 44.4 Å². The number of hydrogen-bond donors (Lipinski definition) is 2. The summed E-state index contributed by atoms with van der Waals surface area (Å²) in [5, 5.41) is 14.3. The highest BCUT2D eigenvalue weighted by Crippen LogP contribution is 2.26. The van der Waals surface area contributed by atoms with Gasteiger partial charge < -0.3 is 24.6 Å². The van der Waals surface area contributed by atoms with Crippen molar-refractivity contribution in [2.45, 2.75) is 6.10 Å². The molecule has 0 aliphatic heterocycles. The van der Waals surface area contributed by atoms with E-state index in [0.717, 1.165) is 26.9 Å². The van der Waals surface area contributed by atoms with Gasteiger partial charge in [-0.05, 0) is 71.8 Å². The monoisotopic (exact) mass is 481 g/mol. The molecule has 0 bridgehead atoms. The third-order valence-corrected chi connectivity index (χ3v) is 5.24. The Hall–Kier alpha value is -2.94. The largest absolute Gasteiger partial charge is 0.491 e. The van der Waals surface area contributed by atoms with Crippen molar-refractivity contribution in [3.05, 3.63) is 71.5 Å². The molecule has 4 aromatic rings. The lowest BCUT2D eigenvalue weighted by atomic mass is 10.2. The fraction of sp³-hybridized carbons (Fsp3) is 0.217. The molecule has 8 heteroatoms. The first-order valence-electron chi connectivity index (χ1n) is 9.91. The number of anilines is 2. The maximum Gasteiger partial charge on any atom is 0.229 e. The lowest BCUT2D eigenvalue weighted by molar-refractivity contribution is 0.0831. The van der Waals surface area contributed by atoms with Crippen LogP contribution in [-0.4, -0.2) is 57.9 Å². The molecule has 4 rings (SSSR count). The number of fused-ring (bicyclic) bond motifs is 1. The summed E-state index contributed by atoms with van der Waals surface area (Å²) >= 11 is 3.56. The molecular weight excluding hydrogens is 458 g/mol. The van der Waals surface area contributed by atoms with Crippen LogP contribution in [0.2, 0.25) is 0 Å². The standard InChI is InChI=1S/C23H24BrN5O2/c1-28(2)14-18(30)15-31-19-9-7-17(8-10-19)26-23-25-13-20(24)22(27-23)29-12-11-16-5-3-4-6-21(16)29/h3-13,18,30H,14-15H2,1-2H3,(H,25,26,27). The van der Waals surface area contributed by atoms with Crippen molar-refractivity contribution in [2.75, 3.05) is 32.6 Å². The number of aliphatic hydroxyl groups is 1. The molecule has 0 amide bonds. The summed E-state index contributed by atoms with van der Waals surface area (Å²) in [6, 6.07) is 17.7. The van der Waals surface area contributed by atoms with Crippen molar-refractivity contribution in [1.82, 2.24) is 19.4 Å². The molecule has 0 aliphatic carbocycles. The van der Waals surface area contributed by atoms with Crippen molar-refractivity contribution < 1.29 is 9.84 Å². The molecule has 0 fully saturated rings. The summed E-state index contributed by atoms with van der Waals surface area (Å²) in [6.07, 6.45) is 3.20. The zero-order valence-corrected chi connectivity index (χ0v) is 19.0. The average molecular weight is 482 g/mol. The molecule has 0 radical (unpaired) electrons. The van der Waals surface area contributed by atoms with E-state index in [9.17, 15) is 5.11 Å². The summed E-state index contributed by atoms with van der Waals surface area (Å²) in [7, 11) is 3.83. The van der Waals surface area contributed by atoms with Gasteiger partial charge in [0.15, 0.2) is 5.82 Å². The van der Waals surface area contributed by atoms with E-state index < -0.39 is 6.10 Å². The van der Waals surface area contributed by atoms with Gasteiger partial charge in [-0.15, -0.1) is 0 Å². The van der Waals surface area contributed by atoms with Crippen molar-refractivity contribution >= 4 is 38.5 Å². The maximum absolute atomic E-state index is 9.92. The molecule has 160 valence electrons. The van der Waals surface area contributed by atoms with E-state index in [4.69, 9.17) is 9.72 Å². The van der Waals surface area contributed by atoms with Crippen LogP contribution in [-0.2, 0) is 0 Å². The van der Waals surface area contributed by atoms with Gasteiger partial charge in [-0.3, -0.25) is 0 Å². The Bertz CT molecular complexity index is 1160. The van der Waals surface area contributed by atoms with Gasteiger partial charge in [0.1, 0.15) is 18.5 Å². The summed E-state index contributed by atoms with van der Waals surface area (Å²) in [5.74, 6) is 1.94. The van der Waals surface area contributed by atoms with Crippen LogP contribution in [0.3, 0.4) is 0 Å². The molecule has 1 atom stereocenters. The number of aromatic nitrogens is 3. The van der Waals surface area contributed by atoms with Crippen LogP contribution in [0.4, 0.5) is 11.6 Å². The first-order valence-corrected chi connectivity index (χ1v) is 10.7. The Labute approximate surface area is 189 Å².